The second-order valence-corrected chi connectivity index (χ2v) is 6.20. The molecule has 0 radical (unpaired) electrons. The maximum absolute atomic E-state index is 9.90. The van der Waals surface area contributed by atoms with Crippen LogP contribution in [0.25, 0.3) is 0 Å². The van der Waals surface area contributed by atoms with Crippen LogP contribution in [0.2, 0.25) is 0 Å². The molecule has 0 aromatic heterocycles. The average Bonchev–Trinajstić information content (AvgIpc) is 2.82. The highest BCUT2D eigenvalue weighted by atomic mass is 16.3. The summed E-state index contributed by atoms with van der Waals surface area (Å²) >= 11 is 0. The molecule has 1 heterocycles. The van der Waals surface area contributed by atoms with Gasteiger partial charge in [-0.25, -0.2) is 0 Å². The lowest BCUT2D eigenvalue weighted by molar-refractivity contribution is 0.287. The van der Waals surface area contributed by atoms with Crippen LogP contribution in [0.15, 0.2) is 42.5 Å². The fourth-order valence-corrected chi connectivity index (χ4v) is 4.09. The molecule has 0 unspecified atom stereocenters. The smallest absolute Gasteiger partial charge is 0.115 e. The first kappa shape index (κ1) is 12.7. The van der Waals surface area contributed by atoms with Crippen molar-refractivity contribution in [1.82, 2.24) is 5.32 Å². The van der Waals surface area contributed by atoms with Crippen molar-refractivity contribution in [3.05, 3.63) is 59.2 Å². The second kappa shape index (κ2) is 4.78. The van der Waals surface area contributed by atoms with Crippen LogP contribution in [0, 0.1) is 5.92 Å². The number of phenolic OH excluding ortho intramolecular Hbond substituents is 1. The van der Waals surface area contributed by atoms with Crippen LogP contribution in [0.1, 0.15) is 41.5 Å². The van der Waals surface area contributed by atoms with Gasteiger partial charge >= 0.3 is 0 Å². The molecule has 1 saturated heterocycles. The number of benzene rings is 2. The van der Waals surface area contributed by atoms with Gasteiger partial charge in [-0.15, -0.1) is 0 Å². The molecule has 4 rings (SSSR count). The Hall–Kier alpha value is -2.00. The van der Waals surface area contributed by atoms with E-state index in [1.165, 1.54) is 29.5 Å². The number of aromatic hydroxyl groups is 1. The maximum Gasteiger partial charge on any atom is 0.115 e. The van der Waals surface area contributed by atoms with Crippen molar-refractivity contribution in [1.29, 1.82) is 0 Å². The Bertz CT molecular complexity index is 665. The highest BCUT2D eigenvalue weighted by molar-refractivity contribution is 5.51. The van der Waals surface area contributed by atoms with Gasteiger partial charge in [0.05, 0.1) is 0 Å². The van der Waals surface area contributed by atoms with Gasteiger partial charge < -0.3 is 16.2 Å². The third kappa shape index (κ3) is 2.00. The Labute approximate surface area is 124 Å². The summed E-state index contributed by atoms with van der Waals surface area (Å²) in [6.07, 6.45) is 2.44. The average molecular weight is 280 g/mol. The molecule has 0 amide bonds. The van der Waals surface area contributed by atoms with Crippen molar-refractivity contribution in [2.45, 2.75) is 24.8 Å². The fraction of sp³-hybridized carbons (Fsp3) is 0.333. The van der Waals surface area contributed by atoms with Gasteiger partial charge in [-0.3, -0.25) is 0 Å². The molecule has 1 fully saturated rings. The SMILES string of the molecule is Nc1ccc([C@@H]2c3cc(O)ccc3[C@H]3NCCC[C@@H]23)cc1. The standard InChI is InChI=1S/C18H20N2O/c19-12-5-3-11(4-6-12)17-15-2-1-9-20-18(15)14-8-7-13(21)10-16(14)17/h3-8,10,15,17-18,20-21H,1-2,9,19H2/t15-,17-,18+/m0/s1. The van der Waals surface area contributed by atoms with E-state index in [1.807, 2.05) is 18.2 Å². The van der Waals surface area contributed by atoms with E-state index in [9.17, 15) is 5.11 Å². The summed E-state index contributed by atoms with van der Waals surface area (Å²) in [6, 6.07) is 14.4. The molecular formula is C18H20N2O. The summed E-state index contributed by atoms with van der Waals surface area (Å²) in [5.41, 5.74) is 10.5. The minimum atomic E-state index is 0.352. The van der Waals surface area contributed by atoms with Gasteiger partial charge in [0, 0.05) is 17.6 Å². The predicted molar refractivity (Wildman–Crippen MR) is 84.3 cm³/mol. The normalized spacial score (nSPS) is 27.1. The molecule has 21 heavy (non-hydrogen) atoms. The van der Waals surface area contributed by atoms with E-state index in [0.29, 0.717) is 23.6 Å². The first-order valence-electron chi connectivity index (χ1n) is 7.65. The minimum absolute atomic E-state index is 0.352. The number of nitrogen functional groups attached to an aromatic ring is 1. The predicted octanol–water partition coefficient (Wildman–Crippen LogP) is 3.16. The lowest BCUT2D eigenvalue weighted by atomic mass is 9.80. The second-order valence-electron chi connectivity index (χ2n) is 6.20. The molecule has 1 aliphatic carbocycles. The van der Waals surface area contributed by atoms with Crippen molar-refractivity contribution < 1.29 is 5.11 Å². The zero-order valence-corrected chi connectivity index (χ0v) is 11.9. The molecular weight excluding hydrogens is 260 g/mol. The topological polar surface area (TPSA) is 58.3 Å². The monoisotopic (exact) mass is 280 g/mol. The summed E-state index contributed by atoms with van der Waals surface area (Å²) in [6.45, 7) is 1.08. The largest absolute Gasteiger partial charge is 0.508 e. The quantitative estimate of drug-likeness (QED) is 0.703. The lowest BCUT2D eigenvalue weighted by Gasteiger charge is -2.31. The lowest BCUT2D eigenvalue weighted by Crippen LogP contribution is -2.32. The molecule has 1 aliphatic heterocycles. The summed E-state index contributed by atoms with van der Waals surface area (Å²) in [5.74, 6) is 1.28. The minimum Gasteiger partial charge on any atom is -0.508 e. The number of fused-ring (bicyclic) bond motifs is 3. The summed E-state index contributed by atoms with van der Waals surface area (Å²) in [4.78, 5) is 0. The summed E-state index contributed by atoms with van der Waals surface area (Å²) < 4.78 is 0. The third-order valence-electron chi connectivity index (χ3n) is 4.97. The van der Waals surface area contributed by atoms with Gasteiger partial charge in [0.15, 0.2) is 0 Å². The van der Waals surface area contributed by atoms with E-state index in [1.54, 1.807) is 6.07 Å². The Morgan fingerprint density at radius 3 is 2.67 bits per heavy atom. The molecule has 0 spiro atoms. The molecule has 108 valence electrons. The Morgan fingerprint density at radius 1 is 1.05 bits per heavy atom. The third-order valence-corrected chi connectivity index (χ3v) is 4.97. The number of piperidine rings is 1. The fourth-order valence-electron chi connectivity index (χ4n) is 4.09. The van der Waals surface area contributed by atoms with Gasteiger partial charge in [-0.1, -0.05) is 18.2 Å². The van der Waals surface area contributed by atoms with Crippen molar-refractivity contribution in [3.63, 3.8) is 0 Å². The van der Waals surface area contributed by atoms with Crippen molar-refractivity contribution in [2.75, 3.05) is 12.3 Å². The van der Waals surface area contributed by atoms with Crippen LogP contribution in [0.3, 0.4) is 0 Å². The van der Waals surface area contributed by atoms with Crippen molar-refractivity contribution >= 4 is 5.69 Å². The van der Waals surface area contributed by atoms with Gasteiger partial charge in [0.1, 0.15) is 5.75 Å². The van der Waals surface area contributed by atoms with Crippen LogP contribution in [-0.4, -0.2) is 11.7 Å². The maximum atomic E-state index is 9.90. The number of nitrogens with two attached hydrogens (primary N) is 1. The van der Waals surface area contributed by atoms with E-state index >= 15 is 0 Å². The molecule has 3 nitrogen and oxygen atoms in total. The van der Waals surface area contributed by atoms with Gasteiger partial charge in [-0.05, 0) is 66.3 Å². The van der Waals surface area contributed by atoms with E-state index in [4.69, 9.17) is 5.73 Å². The first-order chi connectivity index (χ1) is 10.2. The van der Waals surface area contributed by atoms with Crippen molar-refractivity contribution in [3.8, 4) is 5.75 Å². The van der Waals surface area contributed by atoms with Crippen LogP contribution in [-0.2, 0) is 0 Å². The summed E-state index contributed by atoms with van der Waals surface area (Å²) in [7, 11) is 0. The molecule has 3 atom stereocenters. The Kier molecular flexibility index (Phi) is 2.89. The van der Waals surface area contributed by atoms with Crippen molar-refractivity contribution in [2.24, 2.45) is 5.92 Å². The highest BCUT2D eigenvalue weighted by Crippen LogP contribution is 2.52. The van der Waals surface area contributed by atoms with Gasteiger partial charge in [-0.2, -0.15) is 0 Å². The Morgan fingerprint density at radius 2 is 1.86 bits per heavy atom. The zero-order chi connectivity index (χ0) is 14.4. The number of rotatable bonds is 1. The Balaban J connectivity index is 1.85. The van der Waals surface area contributed by atoms with Gasteiger partial charge in [0.2, 0.25) is 0 Å². The molecule has 2 aromatic carbocycles. The van der Waals surface area contributed by atoms with Crippen LogP contribution < -0.4 is 11.1 Å². The number of hydrogen-bond donors (Lipinski definition) is 3. The van der Waals surface area contributed by atoms with Crippen LogP contribution in [0.5, 0.6) is 5.75 Å². The number of anilines is 1. The van der Waals surface area contributed by atoms with E-state index in [0.717, 1.165) is 12.2 Å². The first-order valence-corrected chi connectivity index (χ1v) is 7.65. The molecule has 2 aliphatic rings. The number of phenols is 1. The van der Waals surface area contributed by atoms with Crippen LogP contribution >= 0.6 is 0 Å². The van der Waals surface area contributed by atoms with E-state index in [-0.39, 0.29) is 0 Å². The van der Waals surface area contributed by atoms with E-state index < -0.39 is 0 Å². The highest BCUT2D eigenvalue weighted by Gasteiger charge is 2.42. The molecule has 3 heteroatoms. The molecule has 0 saturated carbocycles. The van der Waals surface area contributed by atoms with E-state index in [2.05, 4.69) is 23.5 Å². The van der Waals surface area contributed by atoms with Gasteiger partial charge in [0.25, 0.3) is 0 Å². The van der Waals surface area contributed by atoms with Crippen LogP contribution in [0.4, 0.5) is 5.69 Å². The molecule has 2 aromatic rings. The number of hydrogen-bond acceptors (Lipinski definition) is 3. The molecule has 0 bridgehead atoms. The number of nitrogens with one attached hydrogen (secondary N) is 1. The molecule has 4 N–H and O–H groups in total. The zero-order valence-electron chi connectivity index (χ0n) is 11.9. The summed E-state index contributed by atoms with van der Waals surface area (Å²) in [5, 5.41) is 13.6.